The fourth-order valence-corrected chi connectivity index (χ4v) is 2.53. The van der Waals surface area contributed by atoms with E-state index >= 15 is 0 Å². The Balaban J connectivity index is 2.24. The van der Waals surface area contributed by atoms with Crippen LogP contribution in [0.2, 0.25) is 0 Å². The lowest BCUT2D eigenvalue weighted by Gasteiger charge is -2.08. The molecule has 0 atom stereocenters. The van der Waals surface area contributed by atoms with Crippen LogP contribution in [-0.2, 0) is 0 Å². The van der Waals surface area contributed by atoms with Crippen molar-refractivity contribution in [2.75, 3.05) is 11.1 Å². The van der Waals surface area contributed by atoms with Crippen molar-refractivity contribution in [2.45, 2.75) is 0 Å². The molecule has 1 aromatic heterocycles. The normalized spacial score (nSPS) is 10.1. The highest BCUT2D eigenvalue weighted by atomic mass is 79.9. The minimum Gasteiger partial charge on any atom is -0.397 e. The van der Waals surface area contributed by atoms with Crippen LogP contribution >= 0.6 is 31.9 Å². The van der Waals surface area contributed by atoms with E-state index in [0.717, 1.165) is 8.95 Å². The van der Waals surface area contributed by atoms with Crippen LogP contribution in [0, 0.1) is 0 Å². The van der Waals surface area contributed by atoms with Gasteiger partial charge in [0, 0.05) is 15.1 Å². The Bertz CT molecular complexity index is 602. The van der Waals surface area contributed by atoms with Gasteiger partial charge in [-0.1, -0.05) is 15.9 Å². The van der Waals surface area contributed by atoms with Crippen LogP contribution in [0.5, 0.6) is 0 Å². The molecule has 0 radical (unpaired) electrons. The fraction of sp³-hybridized carbons (Fsp3) is 0. The Morgan fingerprint density at radius 2 is 2.06 bits per heavy atom. The van der Waals surface area contributed by atoms with Gasteiger partial charge in [-0.25, -0.2) is 4.98 Å². The molecule has 0 fully saturated rings. The lowest BCUT2D eigenvalue weighted by Crippen LogP contribution is -2.15. The minimum atomic E-state index is -0.337. The van der Waals surface area contributed by atoms with Gasteiger partial charge in [0.2, 0.25) is 0 Å². The van der Waals surface area contributed by atoms with E-state index in [1.165, 1.54) is 6.20 Å². The lowest BCUT2D eigenvalue weighted by molar-refractivity contribution is 0.102. The summed E-state index contributed by atoms with van der Waals surface area (Å²) in [6.45, 7) is 0. The third-order valence-corrected chi connectivity index (χ3v) is 3.38. The third kappa shape index (κ3) is 2.88. The number of rotatable bonds is 2. The lowest BCUT2D eigenvalue weighted by atomic mass is 10.2. The number of halogens is 2. The Morgan fingerprint density at radius 3 is 2.72 bits per heavy atom. The maximum Gasteiger partial charge on any atom is 0.276 e. The molecule has 3 N–H and O–H groups in total. The van der Waals surface area contributed by atoms with Crippen molar-refractivity contribution in [3.63, 3.8) is 0 Å². The van der Waals surface area contributed by atoms with Crippen LogP contribution in [0.1, 0.15) is 10.5 Å². The van der Waals surface area contributed by atoms with Crippen LogP contribution in [0.15, 0.2) is 45.5 Å². The number of hydrogen-bond acceptors (Lipinski definition) is 3. The van der Waals surface area contributed by atoms with Crippen molar-refractivity contribution in [3.8, 4) is 0 Å². The summed E-state index contributed by atoms with van der Waals surface area (Å²) in [5.74, 6) is -0.337. The number of nitrogens with two attached hydrogens (primary N) is 1. The fourth-order valence-electron chi connectivity index (χ4n) is 1.38. The molecule has 0 aliphatic heterocycles. The molecule has 0 unspecified atom stereocenters. The van der Waals surface area contributed by atoms with E-state index in [2.05, 4.69) is 42.2 Å². The summed E-state index contributed by atoms with van der Waals surface area (Å²) in [6.07, 6.45) is 1.53. The molecular formula is C12H9Br2N3O. The Kier molecular flexibility index (Phi) is 3.98. The van der Waals surface area contributed by atoms with Crippen LogP contribution in [0.4, 0.5) is 11.4 Å². The van der Waals surface area contributed by atoms with E-state index in [4.69, 9.17) is 5.73 Å². The molecule has 0 bridgehead atoms. The van der Waals surface area contributed by atoms with Gasteiger partial charge >= 0.3 is 0 Å². The highest BCUT2D eigenvalue weighted by Gasteiger charge is 2.12. The molecular weight excluding hydrogens is 362 g/mol. The van der Waals surface area contributed by atoms with Gasteiger partial charge in [0.15, 0.2) is 5.69 Å². The monoisotopic (exact) mass is 369 g/mol. The third-order valence-electron chi connectivity index (χ3n) is 2.23. The average molecular weight is 371 g/mol. The van der Waals surface area contributed by atoms with E-state index in [0.29, 0.717) is 11.4 Å². The number of amides is 1. The first kappa shape index (κ1) is 13.0. The van der Waals surface area contributed by atoms with Gasteiger partial charge in [0.1, 0.15) is 0 Å². The Labute approximate surface area is 121 Å². The smallest absolute Gasteiger partial charge is 0.276 e. The van der Waals surface area contributed by atoms with E-state index in [9.17, 15) is 4.79 Å². The molecule has 6 heteroatoms. The van der Waals surface area contributed by atoms with Gasteiger partial charge in [0.05, 0.1) is 11.4 Å². The standard InChI is InChI=1S/C12H9Br2N3O/c13-7-3-4-10(8(14)6-7)17-12(18)11-9(15)2-1-5-16-11/h1-6H,15H2,(H,17,18). The van der Waals surface area contributed by atoms with Gasteiger partial charge in [-0.2, -0.15) is 0 Å². The van der Waals surface area contributed by atoms with Gasteiger partial charge in [-0.05, 0) is 46.3 Å². The summed E-state index contributed by atoms with van der Waals surface area (Å²) in [4.78, 5) is 15.9. The Morgan fingerprint density at radius 1 is 1.28 bits per heavy atom. The quantitative estimate of drug-likeness (QED) is 0.850. The number of benzene rings is 1. The maximum atomic E-state index is 12.0. The topological polar surface area (TPSA) is 68.0 Å². The first-order valence-electron chi connectivity index (χ1n) is 5.05. The summed E-state index contributed by atoms with van der Waals surface area (Å²) in [6, 6.07) is 8.78. The highest BCUT2D eigenvalue weighted by molar-refractivity contribution is 9.11. The number of hydrogen-bond donors (Lipinski definition) is 2. The van der Waals surface area contributed by atoms with E-state index < -0.39 is 0 Å². The van der Waals surface area contributed by atoms with Crippen LogP contribution in [0.3, 0.4) is 0 Å². The SMILES string of the molecule is Nc1cccnc1C(=O)Nc1ccc(Br)cc1Br. The van der Waals surface area contributed by atoms with Gasteiger partial charge in [-0.3, -0.25) is 4.79 Å². The molecule has 2 aromatic rings. The van der Waals surface area contributed by atoms with Crippen molar-refractivity contribution < 1.29 is 4.79 Å². The molecule has 92 valence electrons. The number of nitrogens with one attached hydrogen (secondary N) is 1. The number of pyridine rings is 1. The number of nitrogen functional groups attached to an aromatic ring is 1. The first-order valence-corrected chi connectivity index (χ1v) is 6.63. The number of carbonyl (C=O) groups is 1. The van der Waals surface area contributed by atoms with E-state index in [1.54, 1.807) is 18.2 Å². The van der Waals surface area contributed by atoms with Gasteiger partial charge in [-0.15, -0.1) is 0 Å². The largest absolute Gasteiger partial charge is 0.397 e. The molecule has 1 aromatic carbocycles. The summed E-state index contributed by atoms with van der Waals surface area (Å²) in [7, 11) is 0. The van der Waals surface area contributed by atoms with Crippen molar-refractivity contribution in [1.82, 2.24) is 4.98 Å². The maximum absolute atomic E-state index is 12.0. The van der Waals surface area contributed by atoms with Crippen molar-refractivity contribution in [2.24, 2.45) is 0 Å². The van der Waals surface area contributed by atoms with Gasteiger partial charge < -0.3 is 11.1 Å². The second-order valence-corrected chi connectivity index (χ2v) is 5.29. The average Bonchev–Trinajstić information content (AvgIpc) is 2.33. The number of nitrogens with zero attached hydrogens (tertiary/aromatic N) is 1. The van der Waals surface area contributed by atoms with Crippen molar-refractivity contribution in [1.29, 1.82) is 0 Å². The zero-order valence-electron chi connectivity index (χ0n) is 9.15. The second kappa shape index (κ2) is 5.49. The zero-order valence-corrected chi connectivity index (χ0v) is 12.3. The summed E-state index contributed by atoms with van der Waals surface area (Å²) in [5.41, 5.74) is 6.92. The van der Waals surface area contributed by atoms with Crippen LogP contribution in [0.25, 0.3) is 0 Å². The summed E-state index contributed by atoms with van der Waals surface area (Å²) < 4.78 is 1.70. The molecule has 0 spiro atoms. The van der Waals surface area contributed by atoms with Crippen LogP contribution < -0.4 is 11.1 Å². The molecule has 18 heavy (non-hydrogen) atoms. The highest BCUT2D eigenvalue weighted by Crippen LogP contribution is 2.26. The molecule has 0 aliphatic carbocycles. The van der Waals surface area contributed by atoms with Crippen molar-refractivity contribution >= 4 is 49.1 Å². The molecule has 1 amide bonds. The molecule has 2 rings (SSSR count). The number of aromatic nitrogens is 1. The summed E-state index contributed by atoms with van der Waals surface area (Å²) in [5, 5.41) is 2.75. The van der Waals surface area contributed by atoms with E-state index in [-0.39, 0.29) is 11.6 Å². The second-order valence-electron chi connectivity index (χ2n) is 3.52. The molecule has 0 aliphatic rings. The molecule has 0 saturated heterocycles. The molecule has 4 nitrogen and oxygen atoms in total. The first-order chi connectivity index (χ1) is 8.58. The predicted molar refractivity (Wildman–Crippen MR) is 78.4 cm³/mol. The number of anilines is 2. The van der Waals surface area contributed by atoms with Crippen LogP contribution in [-0.4, -0.2) is 10.9 Å². The van der Waals surface area contributed by atoms with E-state index in [1.807, 2.05) is 12.1 Å². The summed E-state index contributed by atoms with van der Waals surface area (Å²) >= 11 is 6.71. The predicted octanol–water partition coefficient (Wildman–Crippen LogP) is 3.44. The van der Waals surface area contributed by atoms with Gasteiger partial charge in [0.25, 0.3) is 5.91 Å². The zero-order chi connectivity index (χ0) is 13.1. The Hall–Kier alpha value is -1.40. The van der Waals surface area contributed by atoms with Crippen molar-refractivity contribution in [3.05, 3.63) is 51.2 Å². The molecule has 0 saturated carbocycles. The number of carbonyl (C=O) groups excluding carboxylic acids is 1. The molecule has 1 heterocycles. The minimum absolute atomic E-state index is 0.215.